The van der Waals surface area contributed by atoms with E-state index in [1.807, 2.05) is 6.92 Å². The largest absolute Gasteiger partial charge is 0.457 e. The monoisotopic (exact) mass is 363 g/mol. The molecule has 5 rings (SSSR count). The average Bonchev–Trinajstić information content (AvgIpc) is 3.40. The summed E-state index contributed by atoms with van der Waals surface area (Å²) in [5, 5.41) is 0. The minimum Gasteiger partial charge on any atom is -0.457 e. The van der Waals surface area contributed by atoms with Gasteiger partial charge >= 0.3 is 5.97 Å². The van der Waals surface area contributed by atoms with Crippen molar-refractivity contribution in [2.24, 2.45) is 23.7 Å². The van der Waals surface area contributed by atoms with E-state index in [0.717, 1.165) is 6.42 Å². The molecule has 0 radical (unpaired) electrons. The van der Waals surface area contributed by atoms with Crippen molar-refractivity contribution >= 4 is 23.5 Å². The zero-order valence-corrected chi connectivity index (χ0v) is 14.6. The normalized spacial score (nSPS) is 28.5. The van der Waals surface area contributed by atoms with Crippen molar-refractivity contribution < 1.29 is 23.5 Å². The highest BCUT2D eigenvalue weighted by Gasteiger charge is 2.60. The molecule has 1 aliphatic heterocycles. The van der Waals surface area contributed by atoms with Crippen LogP contribution in [0, 0.1) is 23.7 Å². The Morgan fingerprint density at radius 3 is 2.74 bits per heavy atom. The molecule has 4 atom stereocenters. The summed E-state index contributed by atoms with van der Waals surface area (Å²) < 4.78 is 10.3. The number of anilines is 1. The molecule has 2 aromatic rings. The highest BCUT2D eigenvalue weighted by molar-refractivity contribution is 6.23. The number of fused-ring (bicyclic) bond motifs is 5. The summed E-state index contributed by atoms with van der Waals surface area (Å²) in [6.45, 7) is 2.04. The first-order chi connectivity index (χ1) is 13.0. The molecule has 2 aliphatic carbocycles. The fourth-order valence-electron chi connectivity index (χ4n) is 4.77. The third-order valence-electron chi connectivity index (χ3n) is 5.89. The van der Waals surface area contributed by atoms with Gasteiger partial charge in [0.1, 0.15) is 5.75 Å². The van der Waals surface area contributed by atoms with Gasteiger partial charge in [0.05, 0.1) is 23.8 Å². The second-order valence-corrected chi connectivity index (χ2v) is 7.34. The number of furan rings is 1. The number of imide groups is 1. The molecule has 136 valence electrons. The molecule has 2 fully saturated rings. The lowest BCUT2D eigenvalue weighted by Gasteiger charge is -2.19. The van der Waals surface area contributed by atoms with Crippen molar-refractivity contribution in [2.75, 3.05) is 4.90 Å². The number of carbonyl (C=O) groups excluding carboxylic acids is 3. The lowest BCUT2D eigenvalue weighted by Crippen LogP contribution is -2.32. The molecule has 3 aliphatic rings. The number of esters is 1. The minimum absolute atomic E-state index is 0.0846. The molecular formula is C21H17NO5. The Kier molecular flexibility index (Phi) is 3.37. The number of amides is 2. The number of hydrogen-bond acceptors (Lipinski definition) is 5. The third-order valence-corrected chi connectivity index (χ3v) is 5.89. The van der Waals surface area contributed by atoms with E-state index in [1.54, 1.807) is 30.3 Å². The van der Waals surface area contributed by atoms with Crippen LogP contribution in [0.5, 0.6) is 5.75 Å². The SMILES string of the molecule is CC1=C[C@H]2C[C@H]1[C@@H]1C(=O)N(c3cccc(OC(=O)c4ccco4)c3)C(=O)[C@H]12. The second-order valence-electron chi connectivity index (χ2n) is 7.34. The topological polar surface area (TPSA) is 76.8 Å². The number of allylic oxidation sites excluding steroid dienone is 2. The van der Waals surface area contributed by atoms with E-state index in [1.165, 1.54) is 22.8 Å². The predicted molar refractivity (Wildman–Crippen MR) is 94.9 cm³/mol. The molecule has 2 heterocycles. The van der Waals surface area contributed by atoms with Gasteiger partial charge in [-0.2, -0.15) is 0 Å². The van der Waals surface area contributed by atoms with Gasteiger partial charge in [0.15, 0.2) is 0 Å². The smallest absolute Gasteiger partial charge is 0.379 e. The predicted octanol–water partition coefficient (Wildman–Crippen LogP) is 3.20. The molecule has 0 unspecified atom stereocenters. The molecule has 2 amide bonds. The summed E-state index contributed by atoms with van der Waals surface area (Å²) in [5.74, 6) is -0.809. The Balaban J connectivity index is 1.42. The van der Waals surface area contributed by atoms with Crippen molar-refractivity contribution in [3.05, 3.63) is 60.1 Å². The molecule has 2 bridgehead atoms. The Morgan fingerprint density at radius 1 is 1.15 bits per heavy atom. The van der Waals surface area contributed by atoms with Gasteiger partial charge < -0.3 is 9.15 Å². The molecule has 1 saturated carbocycles. The van der Waals surface area contributed by atoms with Crippen molar-refractivity contribution in [3.63, 3.8) is 0 Å². The quantitative estimate of drug-likeness (QED) is 0.362. The summed E-state index contributed by atoms with van der Waals surface area (Å²) in [7, 11) is 0. The number of hydrogen-bond donors (Lipinski definition) is 0. The Morgan fingerprint density at radius 2 is 1.96 bits per heavy atom. The first-order valence-electron chi connectivity index (χ1n) is 8.96. The van der Waals surface area contributed by atoms with Gasteiger partial charge in [0.25, 0.3) is 0 Å². The van der Waals surface area contributed by atoms with Crippen molar-refractivity contribution in [2.45, 2.75) is 13.3 Å². The first-order valence-corrected chi connectivity index (χ1v) is 8.96. The van der Waals surface area contributed by atoms with Gasteiger partial charge in [-0.1, -0.05) is 17.7 Å². The van der Waals surface area contributed by atoms with Crippen LogP contribution in [-0.4, -0.2) is 17.8 Å². The minimum atomic E-state index is -0.633. The highest BCUT2D eigenvalue weighted by atomic mass is 16.5. The van der Waals surface area contributed by atoms with Crippen LogP contribution in [0.2, 0.25) is 0 Å². The third kappa shape index (κ3) is 2.29. The van der Waals surface area contributed by atoms with Crippen molar-refractivity contribution in [1.82, 2.24) is 0 Å². The van der Waals surface area contributed by atoms with Crippen LogP contribution in [0.1, 0.15) is 23.9 Å². The highest BCUT2D eigenvalue weighted by Crippen LogP contribution is 2.55. The van der Waals surface area contributed by atoms with Crippen LogP contribution >= 0.6 is 0 Å². The molecule has 0 spiro atoms. The summed E-state index contributed by atoms with van der Waals surface area (Å²) in [5.41, 5.74) is 1.64. The van der Waals surface area contributed by atoms with Gasteiger partial charge in [-0.25, -0.2) is 9.69 Å². The average molecular weight is 363 g/mol. The van der Waals surface area contributed by atoms with E-state index in [9.17, 15) is 14.4 Å². The number of nitrogens with zero attached hydrogens (tertiary/aromatic N) is 1. The van der Waals surface area contributed by atoms with E-state index >= 15 is 0 Å². The summed E-state index contributed by atoms with van der Waals surface area (Å²) >= 11 is 0. The molecule has 6 heteroatoms. The van der Waals surface area contributed by atoms with Crippen molar-refractivity contribution in [1.29, 1.82) is 0 Å². The molecule has 0 N–H and O–H groups in total. The maximum absolute atomic E-state index is 13.0. The van der Waals surface area contributed by atoms with Crippen LogP contribution in [0.15, 0.2) is 58.7 Å². The Labute approximate surface area is 155 Å². The molecule has 1 saturated heterocycles. The first kappa shape index (κ1) is 16.1. The molecule has 6 nitrogen and oxygen atoms in total. The van der Waals surface area contributed by atoms with E-state index in [-0.39, 0.29) is 47.0 Å². The zero-order valence-electron chi connectivity index (χ0n) is 14.6. The lowest BCUT2D eigenvalue weighted by molar-refractivity contribution is -0.123. The maximum atomic E-state index is 13.0. The van der Waals surface area contributed by atoms with Crippen LogP contribution in [-0.2, 0) is 9.59 Å². The van der Waals surface area contributed by atoms with Gasteiger partial charge in [-0.3, -0.25) is 9.59 Å². The van der Waals surface area contributed by atoms with E-state index in [2.05, 4.69) is 6.08 Å². The second kappa shape index (κ2) is 5.67. The lowest BCUT2D eigenvalue weighted by atomic mass is 9.82. The Bertz CT molecular complexity index is 990. The number of rotatable bonds is 3. The van der Waals surface area contributed by atoms with E-state index < -0.39 is 5.97 Å². The van der Waals surface area contributed by atoms with Gasteiger partial charge in [0, 0.05) is 6.07 Å². The number of benzene rings is 1. The molecule has 1 aromatic heterocycles. The fraction of sp³-hybridized carbons (Fsp3) is 0.286. The van der Waals surface area contributed by atoms with Crippen molar-refractivity contribution in [3.8, 4) is 5.75 Å². The van der Waals surface area contributed by atoms with Gasteiger partial charge in [0.2, 0.25) is 17.6 Å². The standard InChI is InChI=1S/C21H17NO5/c1-11-8-12-9-15(11)18-17(12)19(23)22(20(18)24)13-4-2-5-14(10-13)27-21(25)16-6-3-7-26-16/h2-8,10,12,15,17-18H,9H2,1H3/t12-,15+,17-,18-/m0/s1. The molecule has 1 aromatic carbocycles. The Hall–Kier alpha value is -3.15. The fourth-order valence-corrected chi connectivity index (χ4v) is 4.77. The zero-order chi connectivity index (χ0) is 18.7. The van der Waals surface area contributed by atoms with Gasteiger partial charge in [-0.05, 0) is 49.4 Å². The van der Waals surface area contributed by atoms with E-state index in [4.69, 9.17) is 9.15 Å². The van der Waals surface area contributed by atoms with Crippen LogP contribution in [0.4, 0.5) is 5.69 Å². The van der Waals surface area contributed by atoms with E-state index in [0.29, 0.717) is 5.69 Å². The van der Waals surface area contributed by atoms with Crippen LogP contribution in [0.3, 0.4) is 0 Å². The van der Waals surface area contributed by atoms with Crippen LogP contribution < -0.4 is 9.64 Å². The molecular weight excluding hydrogens is 346 g/mol. The number of ether oxygens (including phenoxy) is 1. The van der Waals surface area contributed by atoms with Gasteiger partial charge in [-0.15, -0.1) is 0 Å². The maximum Gasteiger partial charge on any atom is 0.379 e. The summed E-state index contributed by atoms with van der Waals surface area (Å²) in [4.78, 5) is 39.3. The van der Waals surface area contributed by atoms with Crippen LogP contribution in [0.25, 0.3) is 0 Å². The number of carbonyl (C=O) groups is 3. The molecule has 27 heavy (non-hydrogen) atoms. The summed E-state index contributed by atoms with van der Waals surface area (Å²) in [6, 6.07) is 9.59. The summed E-state index contributed by atoms with van der Waals surface area (Å²) in [6.07, 6.45) is 4.42.